The first-order chi connectivity index (χ1) is 14.1. The van der Waals surface area contributed by atoms with Gasteiger partial charge in [0.25, 0.3) is 0 Å². The minimum absolute atomic E-state index is 0.0289. The van der Waals surface area contributed by atoms with Crippen molar-refractivity contribution in [1.29, 1.82) is 0 Å². The third kappa shape index (κ3) is 4.75. The number of hydrogen-bond acceptors (Lipinski definition) is 6. The highest BCUT2D eigenvalue weighted by Gasteiger charge is 2.28. The lowest BCUT2D eigenvalue weighted by Crippen LogP contribution is -2.30. The molecule has 2 N–H and O–H groups in total. The number of amides is 4. The molecule has 0 unspecified atom stereocenters. The number of aromatic nitrogens is 1. The molecule has 4 rings (SSSR count). The molecule has 1 aliphatic heterocycles. The van der Waals surface area contributed by atoms with Gasteiger partial charge in [-0.3, -0.25) is 14.5 Å². The fourth-order valence-electron chi connectivity index (χ4n) is 2.96. The smallest absolute Gasteiger partial charge is 0.324 e. The summed E-state index contributed by atoms with van der Waals surface area (Å²) in [7, 11) is 0. The van der Waals surface area contributed by atoms with Crippen molar-refractivity contribution < 1.29 is 14.4 Å². The van der Waals surface area contributed by atoms with Crippen LogP contribution in [0.25, 0.3) is 10.2 Å². The Labute approximate surface area is 175 Å². The first-order valence-electron chi connectivity index (χ1n) is 8.98. The molecule has 29 heavy (non-hydrogen) atoms. The van der Waals surface area contributed by atoms with E-state index in [-0.39, 0.29) is 24.9 Å². The molecule has 0 aliphatic carbocycles. The number of nitrogens with one attached hydrogen (secondary N) is 2. The molecule has 0 radical (unpaired) electrons. The minimum Gasteiger partial charge on any atom is -0.329 e. The van der Waals surface area contributed by atoms with Crippen molar-refractivity contribution in [3.05, 3.63) is 59.1 Å². The van der Waals surface area contributed by atoms with E-state index >= 15 is 0 Å². The van der Waals surface area contributed by atoms with Crippen LogP contribution in [0.5, 0.6) is 0 Å². The normalized spacial score (nSPS) is 13.7. The fourth-order valence-corrected chi connectivity index (χ4v) is 4.80. The van der Waals surface area contributed by atoms with Crippen LogP contribution in [-0.4, -0.2) is 40.0 Å². The molecular weight excluding hydrogens is 408 g/mol. The number of rotatable bonds is 7. The Hall–Kier alpha value is -2.91. The summed E-state index contributed by atoms with van der Waals surface area (Å²) in [5.74, 6) is 0.630. The maximum Gasteiger partial charge on any atom is 0.324 e. The zero-order chi connectivity index (χ0) is 20.2. The molecule has 2 aromatic carbocycles. The summed E-state index contributed by atoms with van der Waals surface area (Å²) in [5.41, 5.74) is 2.40. The Morgan fingerprint density at radius 1 is 1.21 bits per heavy atom. The summed E-state index contributed by atoms with van der Waals surface area (Å²) < 4.78 is 1.15. The average Bonchev–Trinajstić information content (AvgIpc) is 3.26. The molecule has 0 saturated carbocycles. The van der Waals surface area contributed by atoms with Gasteiger partial charge in [0.2, 0.25) is 11.8 Å². The highest BCUT2D eigenvalue weighted by atomic mass is 32.2. The highest BCUT2D eigenvalue weighted by molar-refractivity contribution is 7.99. The van der Waals surface area contributed by atoms with Gasteiger partial charge in [-0.05, 0) is 29.8 Å². The first kappa shape index (κ1) is 19.4. The molecular formula is C20H18N4O3S2. The van der Waals surface area contributed by atoms with E-state index in [1.165, 1.54) is 11.8 Å². The molecule has 7 nitrogen and oxygen atoms in total. The highest BCUT2D eigenvalue weighted by Crippen LogP contribution is 2.25. The van der Waals surface area contributed by atoms with E-state index in [9.17, 15) is 14.4 Å². The Morgan fingerprint density at radius 3 is 2.86 bits per heavy atom. The van der Waals surface area contributed by atoms with Gasteiger partial charge in [-0.15, -0.1) is 23.1 Å². The van der Waals surface area contributed by atoms with E-state index in [4.69, 9.17) is 0 Å². The van der Waals surface area contributed by atoms with Gasteiger partial charge in [-0.1, -0.05) is 24.3 Å². The van der Waals surface area contributed by atoms with Crippen LogP contribution in [0, 0.1) is 0 Å². The summed E-state index contributed by atoms with van der Waals surface area (Å²) in [6.07, 6.45) is 0. The van der Waals surface area contributed by atoms with Crippen LogP contribution >= 0.6 is 23.1 Å². The molecule has 2 heterocycles. The number of carbonyl (C=O) groups is 3. The van der Waals surface area contributed by atoms with Crippen LogP contribution < -0.4 is 10.6 Å². The summed E-state index contributed by atoms with van der Waals surface area (Å²) in [6, 6.07) is 14.8. The van der Waals surface area contributed by atoms with Gasteiger partial charge in [0.15, 0.2) is 0 Å². The summed E-state index contributed by atoms with van der Waals surface area (Å²) in [4.78, 5) is 41.4. The van der Waals surface area contributed by atoms with Crippen LogP contribution in [0.4, 0.5) is 10.5 Å². The topological polar surface area (TPSA) is 91.4 Å². The van der Waals surface area contributed by atoms with Crippen LogP contribution in [0.3, 0.4) is 0 Å². The van der Waals surface area contributed by atoms with Crippen LogP contribution in [0.1, 0.15) is 10.6 Å². The lowest BCUT2D eigenvalue weighted by atomic mass is 10.2. The van der Waals surface area contributed by atoms with Crippen molar-refractivity contribution >= 4 is 56.8 Å². The lowest BCUT2D eigenvalue weighted by molar-refractivity contribution is -0.125. The largest absolute Gasteiger partial charge is 0.329 e. The van der Waals surface area contributed by atoms with Crippen molar-refractivity contribution in [3.63, 3.8) is 0 Å². The van der Waals surface area contributed by atoms with E-state index in [1.807, 2.05) is 30.3 Å². The Morgan fingerprint density at radius 2 is 2.07 bits per heavy atom. The predicted octanol–water partition coefficient (Wildman–Crippen LogP) is 3.22. The van der Waals surface area contributed by atoms with Crippen molar-refractivity contribution in [1.82, 2.24) is 15.2 Å². The van der Waals surface area contributed by atoms with Gasteiger partial charge in [0, 0.05) is 11.4 Å². The molecule has 1 fully saturated rings. The summed E-state index contributed by atoms with van der Waals surface area (Å²) >= 11 is 3.15. The Bertz CT molecular complexity index is 1030. The monoisotopic (exact) mass is 426 g/mol. The fraction of sp³-hybridized carbons (Fsp3) is 0.200. The second-order valence-electron chi connectivity index (χ2n) is 6.46. The van der Waals surface area contributed by atoms with Crippen LogP contribution in [-0.2, 0) is 21.9 Å². The molecule has 0 atom stereocenters. The number of thiazole rings is 1. The van der Waals surface area contributed by atoms with Crippen molar-refractivity contribution in [2.24, 2.45) is 0 Å². The SMILES string of the molecule is O=C(CSCc1nc2ccccc2s1)Nc1cccc(CN2C(=O)CNC2=O)c1. The average molecular weight is 427 g/mol. The molecule has 1 aromatic heterocycles. The maximum atomic E-state index is 12.3. The first-order valence-corrected chi connectivity index (χ1v) is 10.9. The van der Waals surface area contributed by atoms with Crippen LogP contribution in [0.15, 0.2) is 48.5 Å². The van der Waals surface area contributed by atoms with E-state index in [0.29, 0.717) is 17.2 Å². The maximum absolute atomic E-state index is 12.3. The molecule has 9 heteroatoms. The molecule has 1 aliphatic rings. The number of nitrogens with zero attached hydrogens (tertiary/aromatic N) is 2. The van der Waals surface area contributed by atoms with Crippen molar-refractivity contribution in [2.45, 2.75) is 12.3 Å². The van der Waals surface area contributed by atoms with E-state index < -0.39 is 6.03 Å². The molecule has 3 aromatic rings. The summed E-state index contributed by atoms with van der Waals surface area (Å²) in [5, 5.41) is 6.35. The third-order valence-corrected chi connectivity index (χ3v) is 6.45. The number of benzene rings is 2. The van der Waals surface area contributed by atoms with E-state index in [2.05, 4.69) is 15.6 Å². The number of imide groups is 1. The van der Waals surface area contributed by atoms with Gasteiger partial charge >= 0.3 is 6.03 Å². The Kier molecular flexibility index (Phi) is 5.77. The number of thioether (sulfide) groups is 1. The molecule has 0 spiro atoms. The number of urea groups is 1. The Balaban J connectivity index is 1.29. The quantitative estimate of drug-likeness (QED) is 0.566. The van der Waals surface area contributed by atoms with Crippen molar-refractivity contribution in [3.8, 4) is 0 Å². The molecule has 148 valence electrons. The molecule has 0 bridgehead atoms. The minimum atomic E-state index is -0.393. The van der Waals surface area contributed by atoms with Gasteiger partial charge in [0.1, 0.15) is 5.01 Å². The zero-order valence-corrected chi connectivity index (χ0v) is 17.0. The zero-order valence-electron chi connectivity index (χ0n) is 15.4. The molecule has 4 amide bonds. The van der Waals surface area contributed by atoms with E-state index in [0.717, 1.165) is 25.7 Å². The predicted molar refractivity (Wildman–Crippen MR) is 115 cm³/mol. The van der Waals surface area contributed by atoms with Gasteiger partial charge in [-0.2, -0.15) is 0 Å². The van der Waals surface area contributed by atoms with Gasteiger partial charge in [-0.25, -0.2) is 9.78 Å². The van der Waals surface area contributed by atoms with Crippen molar-refractivity contribution in [2.75, 3.05) is 17.6 Å². The van der Waals surface area contributed by atoms with E-state index in [1.54, 1.807) is 29.5 Å². The lowest BCUT2D eigenvalue weighted by Gasteiger charge is -2.13. The number of fused-ring (bicyclic) bond motifs is 1. The van der Waals surface area contributed by atoms with Gasteiger partial charge in [0.05, 0.1) is 29.1 Å². The number of anilines is 1. The standard InChI is InChI=1S/C20H18N4O3S2/c25-17(11-28-12-18-23-15-6-1-2-7-16(15)29-18)22-14-5-3-4-13(8-14)10-24-19(26)9-21-20(24)27/h1-8H,9-12H2,(H,21,27)(H,22,25). The second kappa shape index (κ2) is 8.62. The number of hydrogen-bond donors (Lipinski definition) is 2. The van der Waals surface area contributed by atoms with Crippen LogP contribution in [0.2, 0.25) is 0 Å². The number of carbonyl (C=O) groups excluding carboxylic acids is 3. The summed E-state index contributed by atoms with van der Waals surface area (Å²) in [6.45, 7) is 0.210. The molecule has 1 saturated heterocycles. The van der Waals surface area contributed by atoms with Gasteiger partial charge < -0.3 is 10.6 Å². The third-order valence-electron chi connectivity index (χ3n) is 4.29. The second-order valence-corrected chi connectivity index (χ2v) is 8.56. The number of para-hydroxylation sites is 1.